The van der Waals surface area contributed by atoms with Crippen molar-refractivity contribution in [3.05, 3.63) is 58.1 Å². The van der Waals surface area contributed by atoms with Gasteiger partial charge in [0.05, 0.1) is 21.2 Å². The van der Waals surface area contributed by atoms with E-state index in [0.717, 1.165) is 25.7 Å². The van der Waals surface area contributed by atoms with Gasteiger partial charge in [-0.15, -0.1) is 0 Å². The molecule has 1 unspecified atom stereocenters. The van der Waals surface area contributed by atoms with E-state index in [-0.39, 0.29) is 10.5 Å². The third-order valence-corrected chi connectivity index (χ3v) is 7.61. The van der Waals surface area contributed by atoms with Crippen molar-refractivity contribution in [3.63, 3.8) is 0 Å². The molecular weight excluding hydrogens is 475 g/mol. The van der Waals surface area contributed by atoms with E-state index in [9.17, 15) is 18.0 Å². The summed E-state index contributed by atoms with van der Waals surface area (Å²) in [5, 5.41) is 3.25. The van der Waals surface area contributed by atoms with E-state index in [0.29, 0.717) is 28.8 Å². The van der Waals surface area contributed by atoms with Gasteiger partial charge in [0.1, 0.15) is 0 Å². The van der Waals surface area contributed by atoms with Crippen LogP contribution >= 0.6 is 23.2 Å². The predicted molar refractivity (Wildman–Crippen MR) is 124 cm³/mol. The molecule has 0 radical (unpaired) electrons. The third-order valence-electron chi connectivity index (χ3n) is 5.13. The number of nitrogens with zero attached hydrogens (tertiary/aromatic N) is 1. The zero-order valence-corrected chi connectivity index (χ0v) is 19.8. The second-order valence-corrected chi connectivity index (χ2v) is 10.3. The maximum atomic E-state index is 12.8. The second-order valence-electron chi connectivity index (χ2n) is 7.50. The minimum atomic E-state index is -3.61. The molecule has 0 aliphatic carbocycles. The Bertz CT molecular complexity index is 1080. The SMILES string of the molecule is CC(OC(=O)c1ccc(S(=O)(=O)N2CCCCCC2)cc1)C(=O)Nc1cc(Cl)ccc1Cl. The molecule has 172 valence electrons. The number of benzene rings is 2. The van der Waals surface area contributed by atoms with Gasteiger partial charge in [-0.3, -0.25) is 4.79 Å². The van der Waals surface area contributed by atoms with Crippen molar-refractivity contribution in [3.8, 4) is 0 Å². The average molecular weight is 499 g/mol. The molecule has 1 N–H and O–H groups in total. The topological polar surface area (TPSA) is 92.8 Å². The molecule has 0 spiro atoms. The van der Waals surface area contributed by atoms with Gasteiger partial charge in [-0.1, -0.05) is 36.0 Å². The summed E-state index contributed by atoms with van der Waals surface area (Å²) >= 11 is 11.9. The maximum Gasteiger partial charge on any atom is 0.338 e. The van der Waals surface area contributed by atoms with E-state index >= 15 is 0 Å². The van der Waals surface area contributed by atoms with Crippen molar-refractivity contribution < 1.29 is 22.7 Å². The molecule has 32 heavy (non-hydrogen) atoms. The first-order valence-corrected chi connectivity index (χ1v) is 12.4. The normalized spacial score (nSPS) is 16.1. The molecule has 1 aliphatic heterocycles. The Morgan fingerprint density at radius 3 is 2.25 bits per heavy atom. The number of hydrogen-bond donors (Lipinski definition) is 1. The number of amides is 1. The molecule has 1 saturated heterocycles. The third kappa shape index (κ3) is 6.01. The molecule has 2 aromatic carbocycles. The van der Waals surface area contributed by atoms with Crippen LogP contribution in [0.4, 0.5) is 5.69 Å². The van der Waals surface area contributed by atoms with Crippen LogP contribution in [0.5, 0.6) is 0 Å². The fourth-order valence-corrected chi connectivity index (χ4v) is 5.16. The highest BCUT2D eigenvalue weighted by molar-refractivity contribution is 7.89. The van der Waals surface area contributed by atoms with Crippen LogP contribution in [0.15, 0.2) is 47.4 Å². The van der Waals surface area contributed by atoms with Gasteiger partial charge in [-0.2, -0.15) is 4.31 Å². The number of sulfonamides is 1. The standard InChI is InChI=1S/C22H24Cl2N2O5S/c1-15(21(27)25-20-14-17(23)8-11-19(20)24)31-22(28)16-6-9-18(10-7-16)32(29,30)26-12-4-2-3-5-13-26/h6-11,14-15H,2-5,12-13H2,1H3,(H,25,27). The van der Waals surface area contributed by atoms with Crippen LogP contribution < -0.4 is 5.32 Å². The van der Waals surface area contributed by atoms with Gasteiger partial charge in [-0.25, -0.2) is 13.2 Å². The lowest BCUT2D eigenvalue weighted by molar-refractivity contribution is -0.123. The summed E-state index contributed by atoms with van der Waals surface area (Å²) in [6.45, 7) is 2.41. The fourth-order valence-electron chi connectivity index (χ4n) is 3.30. The van der Waals surface area contributed by atoms with Crippen LogP contribution in [0.25, 0.3) is 0 Å². The van der Waals surface area contributed by atoms with Crippen LogP contribution in [-0.2, 0) is 19.6 Å². The van der Waals surface area contributed by atoms with Gasteiger partial charge >= 0.3 is 5.97 Å². The summed E-state index contributed by atoms with van der Waals surface area (Å²) < 4.78 is 32.4. The monoisotopic (exact) mass is 498 g/mol. The summed E-state index contributed by atoms with van der Waals surface area (Å²) in [6.07, 6.45) is 2.60. The summed E-state index contributed by atoms with van der Waals surface area (Å²) in [5.74, 6) is -1.33. The number of carbonyl (C=O) groups excluding carboxylic acids is 2. The molecule has 0 saturated carbocycles. The average Bonchev–Trinajstić information content (AvgIpc) is 3.06. The summed E-state index contributed by atoms with van der Waals surface area (Å²) in [6, 6.07) is 10.1. The molecule has 1 heterocycles. The van der Waals surface area contributed by atoms with E-state index in [1.165, 1.54) is 47.6 Å². The lowest BCUT2D eigenvalue weighted by Crippen LogP contribution is -2.32. The zero-order valence-electron chi connectivity index (χ0n) is 17.5. The van der Waals surface area contributed by atoms with Crippen molar-refractivity contribution in [2.75, 3.05) is 18.4 Å². The van der Waals surface area contributed by atoms with Crippen LogP contribution in [0.2, 0.25) is 10.0 Å². The van der Waals surface area contributed by atoms with Crippen LogP contribution in [0.1, 0.15) is 43.0 Å². The molecule has 1 aliphatic rings. The molecule has 7 nitrogen and oxygen atoms in total. The van der Waals surface area contributed by atoms with E-state index in [4.69, 9.17) is 27.9 Å². The van der Waals surface area contributed by atoms with E-state index in [1.807, 2.05) is 0 Å². The lowest BCUT2D eigenvalue weighted by Gasteiger charge is -2.20. The quantitative estimate of drug-likeness (QED) is 0.580. The minimum absolute atomic E-state index is 0.123. The molecular formula is C22H24Cl2N2O5S. The largest absolute Gasteiger partial charge is 0.449 e. The number of rotatable bonds is 6. The Morgan fingerprint density at radius 2 is 1.62 bits per heavy atom. The van der Waals surface area contributed by atoms with Crippen molar-refractivity contribution in [2.45, 2.75) is 43.6 Å². The highest BCUT2D eigenvalue weighted by atomic mass is 35.5. The molecule has 1 fully saturated rings. The Hall–Kier alpha value is -2.13. The van der Waals surface area contributed by atoms with Gasteiger partial charge in [0, 0.05) is 18.1 Å². The van der Waals surface area contributed by atoms with Crippen LogP contribution in [0.3, 0.4) is 0 Å². The highest BCUT2D eigenvalue weighted by Gasteiger charge is 2.26. The molecule has 1 amide bonds. The Labute approximate surface area is 197 Å². The van der Waals surface area contributed by atoms with E-state index in [1.54, 1.807) is 6.07 Å². The smallest absolute Gasteiger partial charge is 0.338 e. The number of halogens is 2. The molecule has 10 heteroatoms. The lowest BCUT2D eigenvalue weighted by atomic mass is 10.2. The number of anilines is 1. The summed E-state index contributed by atoms with van der Waals surface area (Å²) in [4.78, 5) is 24.9. The number of ether oxygens (including phenoxy) is 1. The van der Waals surface area contributed by atoms with Crippen molar-refractivity contribution in [2.24, 2.45) is 0 Å². The summed E-state index contributed by atoms with van der Waals surface area (Å²) in [5.41, 5.74) is 0.440. The first-order chi connectivity index (χ1) is 15.2. The zero-order chi connectivity index (χ0) is 23.3. The molecule has 0 aromatic heterocycles. The van der Waals surface area contributed by atoms with E-state index in [2.05, 4.69) is 5.32 Å². The van der Waals surface area contributed by atoms with Gasteiger partial charge in [0.25, 0.3) is 5.91 Å². The van der Waals surface area contributed by atoms with Gasteiger partial charge in [0.15, 0.2) is 6.10 Å². The number of esters is 1. The fraction of sp³-hybridized carbons (Fsp3) is 0.364. The van der Waals surface area contributed by atoms with Crippen molar-refractivity contribution in [1.29, 1.82) is 0 Å². The molecule has 1 atom stereocenters. The first kappa shape index (κ1) is 24.5. The van der Waals surface area contributed by atoms with Crippen molar-refractivity contribution in [1.82, 2.24) is 4.31 Å². The second kappa shape index (κ2) is 10.7. The Morgan fingerprint density at radius 1 is 1.00 bits per heavy atom. The van der Waals surface area contributed by atoms with Crippen LogP contribution in [-0.4, -0.2) is 43.8 Å². The summed E-state index contributed by atoms with van der Waals surface area (Å²) in [7, 11) is -3.61. The number of nitrogens with one attached hydrogen (secondary N) is 1. The van der Waals surface area contributed by atoms with E-state index < -0.39 is 28.0 Å². The highest BCUT2D eigenvalue weighted by Crippen LogP contribution is 2.26. The maximum absolute atomic E-state index is 12.8. The Kier molecular flexibility index (Phi) is 8.16. The minimum Gasteiger partial charge on any atom is -0.449 e. The molecule has 3 rings (SSSR count). The Balaban J connectivity index is 1.63. The first-order valence-electron chi connectivity index (χ1n) is 10.3. The van der Waals surface area contributed by atoms with Crippen LogP contribution in [0, 0.1) is 0 Å². The van der Waals surface area contributed by atoms with Crippen molar-refractivity contribution >= 4 is 50.8 Å². The van der Waals surface area contributed by atoms with Gasteiger partial charge in [0.2, 0.25) is 10.0 Å². The van der Waals surface area contributed by atoms with Gasteiger partial charge < -0.3 is 10.1 Å². The molecule has 0 bridgehead atoms. The molecule has 2 aromatic rings. The predicted octanol–water partition coefficient (Wildman–Crippen LogP) is 4.74. The van der Waals surface area contributed by atoms with Gasteiger partial charge in [-0.05, 0) is 62.2 Å². The number of carbonyl (C=O) groups is 2. The number of hydrogen-bond acceptors (Lipinski definition) is 5.